The molecule has 0 aliphatic carbocycles. The van der Waals surface area contributed by atoms with E-state index in [4.69, 9.17) is 5.11 Å². The highest BCUT2D eigenvalue weighted by atomic mass is 17.2. The Labute approximate surface area is 188 Å². The number of carbonyl (C=O) groups is 7. The zero-order valence-electron chi connectivity index (χ0n) is 16.5. The first-order valence-electron chi connectivity index (χ1n) is 7.67. The first kappa shape index (κ1) is 28.8. The highest BCUT2D eigenvalue weighted by Gasteiger charge is 2.42. The van der Waals surface area contributed by atoms with Gasteiger partial charge in [0.15, 0.2) is 0 Å². The Bertz CT molecular complexity index is 887. The van der Waals surface area contributed by atoms with Crippen molar-refractivity contribution < 1.29 is 77.3 Å². The van der Waals surface area contributed by atoms with Crippen LogP contribution in [0.25, 0.3) is 0 Å². The molecule has 0 spiro atoms. The lowest BCUT2D eigenvalue weighted by atomic mass is 10.3. The highest BCUT2D eigenvalue weighted by Crippen LogP contribution is 2.13. The molecule has 0 saturated heterocycles. The van der Waals surface area contributed by atoms with Crippen molar-refractivity contribution in [3.63, 3.8) is 0 Å². The van der Waals surface area contributed by atoms with E-state index >= 15 is 0 Å². The van der Waals surface area contributed by atoms with Gasteiger partial charge in [-0.3, -0.25) is 0 Å². The molecule has 0 aliphatic rings. The lowest BCUT2D eigenvalue weighted by Crippen LogP contribution is -2.53. The largest absolute Gasteiger partial charge is 0.475 e. The van der Waals surface area contributed by atoms with Crippen molar-refractivity contribution in [3.05, 3.63) is 0 Å². The van der Waals surface area contributed by atoms with Gasteiger partial charge in [-0.1, -0.05) is 10.2 Å². The van der Waals surface area contributed by atoms with Crippen LogP contribution in [0.15, 0.2) is 10.2 Å². The van der Waals surface area contributed by atoms with E-state index in [9.17, 15) is 43.2 Å². The van der Waals surface area contributed by atoms with E-state index < -0.39 is 48.3 Å². The Hall–Kier alpha value is -6.15. The van der Waals surface area contributed by atoms with Gasteiger partial charge in [0.2, 0.25) is 0 Å². The van der Waals surface area contributed by atoms with Gasteiger partial charge in [-0.25, -0.2) is 84.4 Å². The summed E-state index contributed by atoms with van der Waals surface area (Å²) in [4.78, 5) is 113. The molecule has 0 radical (unpaired) electrons. The third kappa shape index (κ3) is 13.0. The maximum absolute atomic E-state index is 11.6. The standard InChI is InChI=1S/C11H10N8O16/c1-11(4(22)23,30-5(24)16-18-9(28)34-32-7(26)14-12-2-20)31-6(25)17-19-10(29)35-33-8(27)15-13-3-21/h1H3,(H,14,26)(H,15,27)(H,16,24)(H,17,25)(H,18,28)(H,19,29)(H,22,23). The molecule has 0 fully saturated rings. The Morgan fingerprint density at radius 1 is 0.629 bits per heavy atom. The van der Waals surface area contributed by atoms with Gasteiger partial charge in [0.25, 0.3) is 12.2 Å². The molecular weight excluding hydrogens is 500 g/mol. The van der Waals surface area contributed by atoms with Crippen LogP contribution >= 0.6 is 0 Å². The molecule has 0 aromatic heterocycles. The van der Waals surface area contributed by atoms with Gasteiger partial charge in [0, 0.05) is 6.92 Å². The number of hydrogen-bond acceptors (Lipinski definition) is 17. The van der Waals surface area contributed by atoms with Crippen LogP contribution in [0.3, 0.4) is 0 Å². The van der Waals surface area contributed by atoms with Gasteiger partial charge >= 0.3 is 48.3 Å². The number of amides is 6. The molecule has 0 aromatic carbocycles. The molecule has 0 bridgehead atoms. The average Bonchev–Trinajstić information content (AvgIpc) is 2.80. The van der Waals surface area contributed by atoms with Gasteiger partial charge in [-0.2, -0.15) is 10.9 Å². The van der Waals surface area contributed by atoms with E-state index in [0.717, 1.165) is 12.2 Å². The minimum atomic E-state index is -3.09. The van der Waals surface area contributed by atoms with Crippen LogP contribution in [-0.2, 0) is 43.4 Å². The minimum absolute atomic E-state index is 0.521. The Morgan fingerprint density at radius 3 is 1.26 bits per heavy atom. The Balaban J connectivity index is 4.57. The second-order valence-corrected chi connectivity index (χ2v) is 4.64. The molecule has 0 heterocycles. The fraction of sp³-hybridized carbons (Fsp3) is 0.182. The number of hydrogen-bond donors (Lipinski definition) is 7. The SMILES string of the molecule is CC(OC(=O)NNC(=O)OOC(=O)NN=C=O)(OC(=O)NNC(=O)OOC(=O)NN=C=O)C(=O)O. The van der Waals surface area contributed by atoms with Crippen LogP contribution in [0.1, 0.15) is 6.92 Å². The van der Waals surface area contributed by atoms with Crippen molar-refractivity contribution in [1.82, 2.24) is 32.6 Å². The predicted molar refractivity (Wildman–Crippen MR) is 90.0 cm³/mol. The second kappa shape index (κ2) is 14.8. The smallest absolute Gasteiger partial charge is 0.471 e. The third-order valence-corrected chi connectivity index (χ3v) is 2.27. The number of hydrazone groups is 2. The minimum Gasteiger partial charge on any atom is -0.475 e. The fourth-order valence-electron chi connectivity index (χ4n) is 1.08. The number of nitrogens with zero attached hydrogens (tertiary/aromatic N) is 2. The van der Waals surface area contributed by atoms with Gasteiger partial charge in [0.05, 0.1) is 0 Å². The number of aliphatic carboxylic acids is 1. The van der Waals surface area contributed by atoms with Crippen LogP contribution in [0.5, 0.6) is 0 Å². The van der Waals surface area contributed by atoms with E-state index in [0.29, 0.717) is 6.92 Å². The molecule has 0 aliphatic heterocycles. The summed E-state index contributed by atoms with van der Waals surface area (Å²) in [7, 11) is 0. The lowest BCUT2D eigenvalue weighted by Gasteiger charge is -2.24. The molecule has 0 aromatic rings. The van der Waals surface area contributed by atoms with Crippen molar-refractivity contribution >= 4 is 54.7 Å². The molecular formula is C11H10N8O16. The number of carboxylic acids is 1. The summed E-state index contributed by atoms with van der Waals surface area (Å²) >= 11 is 0. The molecule has 0 saturated carbocycles. The average molecular weight is 510 g/mol. The van der Waals surface area contributed by atoms with E-state index in [-0.39, 0.29) is 0 Å². The van der Waals surface area contributed by atoms with Crippen molar-refractivity contribution in [2.45, 2.75) is 12.7 Å². The van der Waals surface area contributed by atoms with Crippen molar-refractivity contribution in [3.8, 4) is 0 Å². The number of carboxylic acid groups (broad SMARTS) is 1. The zero-order valence-corrected chi connectivity index (χ0v) is 16.5. The molecule has 24 nitrogen and oxygen atoms in total. The zero-order chi connectivity index (χ0) is 26.9. The maximum Gasteiger partial charge on any atom is 0.471 e. The van der Waals surface area contributed by atoms with E-state index in [1.807, 2.05) is 0 Å². The summed E-state index contributed by atoms with van der Waals surface area (Å²) in [6, 6.07) is 0. The summed E-state index contributed by atoms with van der Waals surface area (Å²) in [6.07, 6.45) is -8.26. The van der Waals surface area contributed by atoms with Crippen LogP contribution in [0, 0.1) is 0 Å². The number of rotatable bonds is 5. The number of ether oxygens (including phenoxy) is 2. The molecule has 0 rings (SSSR count). The predicted octanol–water partition coefficient (Wildman–Crippen LogP) is -2.69. The first-order chi connectivity index (χ1) is 16.4. The fourth-order valence-corrected chi connectivity index (χ4v) is 1.08. The second-order valence-electron chi connectivity index (χ2n) is 4.64. The number of carbonyl (C=O) groups excluding carboxylic acids is 8. The molecule has 190 valence electrons. The van der Waals surface area contributed by atoms with Crippen LogP contribution in [0.4, 0.5) is 28.8 Å². The van der Waals surface area contributed by atoms with Crippen LogP contribution in [-0.4, -0.2) is 65.6 Å². The molecule has 0 atom stereocenters. The molecule has 7 N–H and O–H groups in total. The number of nitrogens with one attached hydrogen (secondary N) is 6. The maximum atomic E-state index is 11.6. The van der Waals surface area contributed by atoms with Gasteiger partial charge in [0.1, 0.15) is 0 Å². The monoisotopic (exact) mass is 510 g/mol. The van der Waals surface area contributed by atoms with E-state index in [1.54, 1.807) is 0 Å². The van der Waals surface area contributed by atoms with Crippen molar-refractivity contribution in [2.24, 2.45) is 10.2 Å². The topological polar surface area (TPSA) is 326 Å². The first-order valence-corrected chi connectivity index (χ1v) is 7.67. The summed E-state index contributed by atoms with van der Waals surface area (Å²) in [5, 5.41) is 14.2. The number of isocyanates is 2. The van der Waals surface area contributed by atoms with E-state index in [1.165, 1.54) is 32.6 Å². The van der Waals surface area contributed by atoms with E-state index in [2.05, 4.69) is 39.2 Å². The van der Waals surface area contributed by atoms with Crippen molar-refractivity contribution in [1.29, 1.82) is 0 Å². The van der Waals surface area contributed by atoms with Crippen molar-refractivity contribution in [2.75, 3.05) is 0 Å². The number of hydrazine groups is 2. The molecule has 6 amide bonds. The molecule has 24 heteroatoms. The normalized spacial score (nSPS) is 10.4. The van der Waals surface area contributed by atoms with Gasteiger partial charge in [-0.05, 0) is 0 Å². The quantitative estimate of drug-likeness (QED) is 0.0650. The highest BCUT2D eigenvalue weighted by molar-refractivity contribution is 5.83. The Kier molecular flexibility index (Phi) is 12.2. The molecule has 0 unspecified atom stereocenters. The Morgan fingerprint density at radius 2 is 0.943 bits per heavy atom. The lowest BCUT2D eigenvalue weighted by molar-refractivity contribution is -0.197. The van der Waals surface area contributed by atoms with Crippen LogP contribution in [0.2, 0.25) is 0 Å². The van der Waals surface area contributed by atoms with Gasteiger partial charge in [-0.15, -0.1) is 0 Å². The summed E-state index contributed by atoms with van der Waals surface area (Å²) in [5.41, 5.74) is 8.32. The summed E-state index contributed by atoms with van der Waals surface area (Å²) in [6.45, 7) is 0.521. The van der Waals surface area contributed by atoms with Gasteiger partial charge < -0.3 is 14.6 Å². The molecule has 35 heavy (non-hydrogen) atoms. The summed E-state index contributed by atoms with van der Waals surface area (Å²) < 4.78 is 8.56. The summed E-state index contributed by atoms with van der Waals surface area (Å²) in [5.74, 6) is -5.17. The van der Waals surface area contributed by atoms with Crippen LogP contribution < -0.4 is 32.6 Å². The third-order valence-electron chi connectivity index (χ3n) is 2.27.